The highest BCUT2D eigenvalue weighted by atomic mass is 31.2. The lowest BCUT2D eigenvalue weighted by Crippen LogP contribution is -2.43. The molecule has 0 aliphatic heterocycles. The predicted octanol–water partition coefficient (Wildman–Crippen LogP) is 13.0. The van der Waals surface area contributed by atoms with E-state index in [1.807, 2.05) is 12.2 Å². The molecule has 3 unspecified atom stereocenters. The molecule has 3 atom stereocenters. The molecule has 0 radical (unpaired) electrons. The van der Waals surface area contributed by atoms with Crippen molar-refractivity contribution < 1.29 is 47.8 Å². The third-order valence-electron chi connectivity index (χ3n) is 9.55. The van der Waals surface area contributed by atoms with Crippen LogP contribution < -0.4 is 5.32 Å². The van der Waals surface area contributed by atoms with Crippen LogP contribution in [-0.2, 0) is 32.7 Å². The third-order valence-corrected chi connectivity index (χ3v) is 10.5. The zero-order valence-corrected chi connectivity index (χ0v) is 40.2. The van der Waals surface area contributed by atoms with Gasteiger partial charge in [0, 0.05) is 12.8 Å². The lowest BCUT2D eigenvalue weighted by molar-refractivity contribution is -0.147. The van der Waals surface area contributed by atoms with E-state index in [1.54, 1.807) is 0 Å². The SMILES string of the molecule is CC/C=C\C/C=C\C/C=C\C/C=C\C/C=C\CCCC(=O)OCC(O)COP(=O)(O)OCC(NC(=O)CCCCCCCCC/C=C\C/C=C\C/C=C\C/C=C\CCCCC)C(=O)O. The van der Waals surface area contributed by atoms with Crippen molar-refractivity contribution in [3.8, 4) is 0 Å². The van der Waals surface area contributed by atoms with Crippen molar-refractivity contribution in [1.82, 2.24) is 5.32 Å². The Morgan fingerprint density at radius 3 is 1.39 bits per heavy atom. The monoisotopic (exact) mass is 914 g/mol. The van der Waals surface area contributed by atoms with E-state index in [-0.39, 0.29) is 12.8 Å². The first-order valence-electron chi connectivity index (χ1n) is 23.9. The van der Waals surface area contributed by atoms with Crippen molar-refractivity contribution in [2.75, 3.05) is 19.8 Å². The Balaban J connectivity index is 3.98. The van der Waals surface area contributed by atoms with Crippen molar-refractivity contribution >= 4 is 25.7 Å². The van der Waals surface area contributed by atoms with Crippen molar-refractivity contribution in [2.24, 2.45) is 0 Å². The van der Waals surface area contributed by atoms with E-state index < -0.39 is 57.6 Å². The van der Waals surface area contributed by atoms with Gasteiger partial charge < -0.3 is 25.2 Å². The Labute approximate surface area is 386 Å². The Bertz CT molecular complexity index is 1490. The highest BCUT2D eigenvalue weighted by Crippen LogP contribution is 2.43. The van der Waals surface area contributed by atoms with Gasteiger partial charge in [-0.3, -0.25) is 18.6 Å². The summed E-state index contributed by atoms with van der Waals surface area (Å²) in [6.07, 6.45) is 59.7. The van der Waals surface area contributed by atoms with Crippen LogP contribution in [0.25, 0.3) is 0 Å². The molecule has 0 saturated heterocycles. The maximum absolute atomic E-state index is 12.4. The number of unbranched alkanes of at least 4 members (excludes halogenated alkanes) is 11. The van der Waals surface area contributed by atoms with Crippen molar-refractivity contribution in [2.45, 2.75) is 180 Å². The van der Waals surface area contributed by atoms with E-state index in [2.05, 4.69) is 116 Å². The van der Waals surface area contributed by atoms with Crippen molar-refractivity contribution in [1.29, 1.82) is 0 Å². The first-order valence-corrected chi connectivity index (χ1v) is 25.4. The zero-order valence-electron chi connectivity index (χ0n) is 39.3. The van der Waals surface area contributed by atoms with Gasteiger partial charge in [-0.15, -0.1) is 0 Å². The molecule has 0 saturated carbocycles. The van der Waals surface area contributed by atoms with Gasteiger partial charge >= 0.3 is 19.8 Å². The summed E-state index contributed by atoms with van der Waals surface area (Å²) in [5, 5.41) is 21.9. The van der Waals surface area contributed by atoms with Gasteiger partial charge in [-0.1, -0.05) is 168 Å². The van der Waals surface area contributed by atoms with Gasteiger partial charge in [0.2, 0.25) is 5.91 Å². The standard InChI is InChI=1S/C52H84NO10P/c1-3-5-7-9-11-13-15-17-19-21-22-23-24-25-26-28-29-31-33-35-37-39-41-43-50(55)53-49(52(57)58)47-63-64(59,60)62-46-48(54)45-61-51(56)44-42-40-38-36-34-32-30-27-20-18-16-14-12-10-8-6-4-2/h6,8,11-14,17-20,22-23,25-26,30,32,36,38,48-49,54H,3-5,7,9-10,15-16,21,24,27-29,31,33-35,37,39-47H2,1-2H3,(H,53,55)(H,57,58)(H,59,60)/b8-6-,13-11-,14-12-,19-17-,20-18-,23-22-,26-25-,32-30-,38-36-. The van der Waals surface area contributed by atoms with Crippen LogP contribution in [0.3, 0.4) is 0 Å². The number of allylic oxidation sites excluding steroid dienone is 18. The van der Waals surface area contributed by atoms with E-state index in [4.69, 9.17) is 13.8 Å². The molecule has 11 nitrogen and oxygen atoms in total. The number of hydrogen-bond acceptors (Lipinski definition) is 8. The van der Waals surface area contributed by atoms with Crippen molar-refractivity contribution in [3.05, 3.63) is 109 Å². The summed E-state index contributed by atoms with van der Waals surface area (Å²) in [6, 6.07) is -1.57. The molecule has 0 aromatic carbocycles. The summed E-state index contributed by atoms with van der Waals surface area (Å²) in [5.41, 5.74) is 0. The maximum atomic E-state index is 12.4. The minimum absolute atomic E-state index is 0.122. The third kappa shape index (κ3) is 44.7. The van der Waals surface area contributed by atoms with Crippen LogP contribution >= 0.6 is 7.82 Å². The minimum Gasteiger partial charge on any atom is -0.480 e. The van der Waals surface area contributed by atoms with Crippen LogP contribution in [0.4, 0.5) is 0 Å². The summed E-state index contributed by atoms with van der Waals surface area (Å²) in [6.45, 7) is 2.38. The molecule has 0 spiro atoms. The molecule has 4 N–H and O–H groups in total. The van der Waals surface area contributed by atoms with Gasteiger partial charge in [-0.2, -0.15) is 0 Å². The number of nitrogens with one attached hydrogen (secondary N) is 1. The molecule has 64 heavy (non-hydrogen) atoms. The van der Waals surface area contributed by atoms with Crippen molar-refractivity contribution in [3.63, 3.8) is 0 Å². The Morgan fingerprint density at radius 1 is 0.516 bits per heavy atom. The lowest BCUT2D eigenvalue weighted by Gasteiger charge is -2.18. The highest BCUT2D eigenvalue weighted by molar-refractivity contribution is 7.47. The number of phosphoric acid groups is 1. The number of aliphatic carboxylic acids is 1. The van der Waals surface area contributed by atoms with Crippen LogP contribution in [0.5, 0.6) is 0 Å². The lowest BCUT2D eigenvalue weighted by atomic mass is 10.1. The molecule has 0 heterocycles. The summed E-state index contributed by atoms with van der Waals surface area (Å²) in [5.74, 6) is -2.47. The molecule has 0 aromatic rings. The number of carbonyl (C=O) groups excluding carboxylic acids is 2. The summed E-state index contributed by atoms with van der Waals surface area (Å²) < 4.78 is 26.8. The quantitative estimate of drug-likeness (QED) is 0.0200. The molecule has 0 rings (SSSR count). The molecule has 1 amide bonds. The maximum Gasteiger partial charge on any atom is 0.472 e. The smallest absolute Gasteiger partial charge is 0.472 e. The van der Waals surface area contributed by atoms with E-state index in [0.29, 0.717) is 19.3 Å². The average molecular weight is 914 g/mol. The number of esters is 1. The molecule has 12 heteroatoms. The fourth-order valence-electron chi connectivity index (χ4n) is 5.86. The zero-order chi connectivity index (χ0) is 47.0. The summed E-state index contributed by atoms with van der Waals surface area (Å²) >= 11 is 0. The largest absolute Gasteiger partial charge is 0.480 e. The Hall–Kier alpha value is -3.86. The highest BCUT2D eigenvalue weighted by Gasteiger charge is 2.28. The second-order valence-electron chi connectivity index (χ2n) is 15.6. The van der Waals surface area contributed by atoms with E-state index in [1.165, 1.54) is 25.7 Å². The predicted molar refractivity (Wildman–Crippen MR) is 263 cm³/mol. The van der Waals surface area contributed by atoms with Gasteiger partial charge in [-0.05, 0) is 96.3 Å². The van der Waals surface area contributed by atoms with E-state index in [9.17, 15) is 34.1 Å². The number of carboxylic acid groups (broad SMARTS) is 1. The summed E-state index contributed by atoms with van der Waals surface area (Å²) in [4.78, 5) is 46.0. The molecule has 0 aromatic heterocycles. The molecular weight excluding hydrogens is 830 g/mol. The Morgan fingerprint density at radius 2 is 0.922 bits per heavy atom. The first kappa shape index (κ1) is 60.1. The van der Waals surface area contributed by atoms with Crippen LogP contribution in [0.2, 0.25) is 0 Å². The van der Waals surface area contributed by atoms with Crippen LogP contribution in [0.15, 0.2) is 109 Å². The summed E-state index contributed by atoms with van der Waals surface area (Å²) in [7, 11) is -4.78. The number of aliphatic hydroxyl groups is 1. The number of amides is 1. The topological polar surface area (TPSA) is 169 Å². The van der Waals surface area contributed by atoms with E-state index >= 15 is 0 Å². The van der Waals surface area contributed by atoms with Gasteiger partial charge in [0.25, 0.3) is 0 Å². The second kappa shape index (κ2) is 45.7. The second-order valence-corrected chi connectivity index (χ2v) is 17.0. The number of carbonyl (C=O) groups is 3. The molecule has 0 fully saturated rings. The van der Waals surface area contributed by atoms with E-state index in [0.717, 1.165) is 96.3 Å². The number of aliphatic hydroxyl groups excluding tert-OH is 1. The number of ether oxygens (including phenoxy) is 1. The fraction of sp³-hybridized carbons (Fsp3) is 0.596. The number of phosphoric ester groups is 1. The fourth-order valence-corrected chi connectivity index (χ4v) is 6.63. The van der Waals surface area contributed by atoms with Gasteiger partial charge in [0.05, 0.1) is 13.2 Å². The Kier molecular flexibility index (Phi) is 42.9. The van der Waals surface area contributed by atoms with Gasteiger partial charge in [0.1, 0.15) is 12.7 Å². The first-order chi connectivity index (χ1) is 31.1. The number of carboxylic acids is 1. The van der Waals surface area contributed by atoms with Crippen LogP contribution in [-0.4, -0.2) is 64.9 Å². The molecule has 0 aliphatic rings. The average Bonchev–Trinajstić information content (AvgIpc) is 3.27. The van der Waals surface area contributed by atoms with Crippen LogP contribution in [0, 0.1) is 0 Å². The van der Waals surface area contributed by atoms with Crippen LogP contribution in [0.1, 0.15) is 168 Å². The molecule has 362 valence electrons. The van der Waals surface area contributed by atoms with Gasteiger partial charge in [0.15, 0.2) is 6.04 Å². The van der Waals surface area contributed by atoms with Gasteiger partial charge in [-0.25, -0.2) is 9.36 Å². The minimum atomic E-state index is -4.78. The molecular formula is C52H84NO10P. The molecule has 0 bridgehead atoms. The normalized spacial score (nSPS) is 14.6. The number of hydrogen-bond donors (Lipinski definition) is 4. The number of rotatable bonds is 43. The molecule has 0 aliphatic carbocycles.